The van der Waals surface area contributed by atoms with Crippen molar-refractivity contribution in [3.05, 3.63) is 69.6 Å². The van der Waals surface area contributed by atoms with Gasteiger partial charge in [0.25, 0.3) is 5.91 Å². The molecule has 0 atom stereocenters. The number of aromatic nitrogens is 6. The molecule has 0 saturated heterocycles. The van der Waals surface area contributed by atoms with Crippen molar-refractivity contribution in [2.75, 3.05) is 13.2 Å². The molecule has 2 N–H and O–H groups in total. The zero-order valence-electron chi connectivity index (χ0n) is 19.4. The zero-order valence-corrected chi connectivity index (χ0v) is 20.9. The van der Waals surface area contributed by atoms with Gasteiger partial charge in [0, 0.05) is 29.1 Å². The summed E-state index contributed by atoms with van der Waals surface area (Å²) in [5.74, 6) is 1.11. The highest BCUT2D eigenvalue weighted by atomic mass is 35.5. The van der Waals surface area contributed by atoms with Gasteiger partial charge in [0.15, 0.2) is 11.5 Å². The maximum atomic E-state index is 13.1. The quantitative estimate of drug-likeness (QED) is 0.294. The lowest BCUT2D eigenvalue weighted by Gasteiger charge is -2.11. The Hall–Kier alpha value is -3.43. The van der Waals surface area contributed by atoms with E-state index in [1.807, 2.05) is 31.2 Å². The highest BCUT2D eigenvalue weighted by Crippen LogP contribution is 2.33. The number of halogens is 2. The maximum Gasteiger partial charge on any atom is 0.272 e. The fourth-order valence-corrected chi connectivity index (χ4v) is 4.12. The predicted molar refractivity (Wildman–Crippen MR) is 134 cm³/mol. The number of benzene rings is 2. The lowest BCUT2D eigenvalue weighted by Crippen LogP contribution is -2.26. The van der Waals surface area contributed by atoms with Gasteiger partial charge in [-0.1, -0.05) is 35.3 Å². The van der Waals surface area contributed by atoms with E-state index < -0.39 is 0 Å². The SMILES string of the molecule is CCCOc1ccc(-c2c(C)c(C(=O)NCCCc3nn[nH]n3)nn2-c2ccc(Cl)cc2Cl)cc1. The lowest BCUT2D eigenvalue weighted by molar-refractivity contribution is 0.0947. The van der Waals surface area contributed by atoms with Gasteiger partial charge in [-0.2, -0.15) is 10.3 Å². The number of carbonyl (C=O) groups excluding carboxylic acids is 1. The van der Waals surface area contributed by atoms with E-state index >= 15 is 0 Å². The standard InChI is InChI=1S/C24H25Cl2N7O2/c1-3-13-35-18-9-6-16(7-10-18)23-15(2)22(24(34)27-12-4-5-21-28-31-32-29-21)30-33(23)20-11-8-17(25)14-19(20)26/h6-11,14H,3-5,12-13H2,1-2H3,(H,27,34)(H,28,29,31,32). The maximum absolute atomic E-state index is 13.1. The second kappa shape index (κ2) is 11.3. The second-order valence-electron chi connectivity index (χ2n) is 7.89. The summed E-state index contributed by atoms with van der Waals surface area (Å²) >= 11 is 12.6. The van der Waals surface area contributed by atoms with Crippen molar-refractivity contribution in [3.63, 3.8) is 0 Å². The molecule has 0 radical (unpaired) electrons. The van der Waals surface area contributed by atoms with E-state index in [1.165, 1.54) is 0 Å². The minimum atomic E-state index is -0.274. The summed E-state index contributed by atoms with van der Waals surface area (Å²) in [4.78, 5) is 13.1. The van der Waals surface area contributed by atoms with E-state index in [0.29, 0.717) is 53.2 Å². The normalized spacial score (nSPS) is 11.0. The topological polar surface area (TPSA) is 111 Å². The molecule has 0 bridgehead atoms. The van der Waals surface area contributed by atoms with E-state index in [2.05, 4.69) is 38.0 Å². The van der Waals surface area contributed by atoms with Crippen LogP contribution in [-0.4, -0.2) is 49.5 Å². The first-order chi connectivity index (χ1) is 17.0. The average molecular weight is 514 g/mol. The van der Waals surface area contributed by atoms with Gasteiger partial charge in [0.2, 0.25) is 0 Å². The molecule has 2 aromatic carbocycles. The highest BCUT2D eigenvalue weighted by molar-refractivity contribution is 6.35. The van der Waals surface area contributed by atoms with E-state index in [1.54, 1.807) is 22.9 Å². The van der Waals surface area contributed by atoms with E-state index in [4.69, 9.17) is 27.9 Å². The van der Waals surface area contributed by atoms with Crippen molar-refractivity contribution in [1.29, 1.82) is 0 Å². The average Bonchev–Trinajstić information content (AvgIpc) is 3.49. The minimum absolute atomic E-state index is 0.274. The van der Waals surface area contributed by atoms with Crippen molar-refractivity contribution >= 4 is 29.1 Å². The minimum Gasteiger partial charge on any atom is -0.494 e. The smallest absolute Gasteiger partial charge is 0.272 e. The Bertz CT molecular complexity index is 1290. The summed E-state index contributed by atoms with van der Waals surface area (Å²) in [6.45, 7) is 5.02. The van der Waals surface area contributed by atoms with Crippen molar-refractivity contribution in [1.82, 2.24) is 35.7 Å². The molecular weight excluding hydrogens is 489 g/mol. The first-order valence-corrected chi connectivity index (χ1v) is 12.0. The molecule has 0 aliphatic heterocycles. The Morgan fingerprint density at radius 2 is 1.97 bits per heavy atom. The Morgan fingerprint density at radius 3 is 2.66 bits per heavy atom. The summed E-state index contributed by atoms with van der Waals surface area (Å²) in [5.41, 5.74) is 3.30. The fourth-order valence-electron chi connectivity index (χ4n) is 3.63. The van der Waals surface area contributed by atoms with Crippen LogP contribution in [0.3, 0.4) is 0 Å². The summed E-state index contributed by atoms with van der Waals surface area (Å²) in [7, 11) is 0. The van der Waals surface area contributed by atoms with Crippen LogP contribution in [0.2, 0.25) is 10.0 Å². The first-order valence-electron chi connectivity index (χ1n) is 11.3. The number of rotatable bonds is 10. The lowest BCUT2D eigenvalue weighted by atomic mass is 10.1. The highest BCUT2D eigenvalue weighted by Gasteiger charge is 2.23. The Labute approximate surface area is 212 Å². The van der Waals surface area contributed by atoms with Crippen LogP contribution in [0, 0.1) is 6.92 Å². The largest absolute Gasteiger partial charge is 0.494 e. The third-order valence-electron chi connectivity index (χ3n) is 5.33. The number of ether oxygens (including phenoxy) is 1. The fraction of sp³-hybridized carbons (Fsp3) is 0.292. The van der Waals surface area contributed by atoms with Gasteiger partial charge in [0.1, 0.15) is 5.75 Å². The molecular formula is C24H25Cl2N7O2. The molecule has 0 fully saturated rings. The zero-order chi connectivity index (χ0) is 24.8. The van der Waals surface area contributed by atoms with Gasteiger partial charge in [-0.15, -0.1) is 10.2 Å². The van der Waals surface area contributed by atoms with Crippen molar-refractivity contribution in [2.45, 2.75) is 33.1 Å². The number of hydrogen-bond donors (Lipinski definition) is 2. The summed E-state index contributed by atoms with van der Waals surface area (Å²) in [5, 5.41) is 22.3. The van der Waals surface area contributed by atoms with Crippen LogP contribution in [0.5, 0.6) is 5.75 Å². The van der Waals surface area contributed by atoms with Gasteiger partial charge in [-0.25, -0.2) is 4.68 Å². The number of carbonyl (C=O) groups is 1. The Morgan fingerprint density at radius 1 is 1.17 bits per heavy atom. The van der Waals surface area contributed by atoms with Crippen LogP contribution in [-0.2, 0) is 6.42 Å². The van der Waals surface area contributed by atoms with Crippen LogP contribution in [0.25, 0.3) is 16.9 Å². The third kappa shape index (κ3) is 5.80. The molecule has 2 aromatic heterocycles. The van der Waals surface area contributed by atoms with Crippen molar-refractivity contribution in [3.8, 4) is 22.7 Å². The van der Waals surface area contributed by atoms with Crippen molar-refractivity contribution in [2.24, 2.45) is 0 Å². The molecule has 2 heterocycles. The van der Waals surface area contributed by atoms with Gasteiger partial charge in [-0.3, -0.25) is 4.79 Å². The molecule has 0 aliphatic rings. The van der Waals surface area contributed by atoms with Gasteiger partial charge >= 0.3 is 0 Å². The van der Waals surface area contributed by atoms with Crippen LogP contribution < -0.4 is 10.1 Å². The van der Waals surface area contributed by atoms with E-state index in [9.17, 15) is 4.79 Å². The van der Waals surface area contributed by atoms with E-state index in [0.717, 1.165) is 29.0 Å². The summed E-state index contributed by atoms with van der Waals surface area (Å²) in [6, 6.07) is 12.9. The predicted octanol–water partition coefficient (Wildman–Crippen LogP) is 4.82. The van der Waals surface area contributed by atoms with Crippen LogP contribution in [0.4, 0.5) is 0 Å². The third-order valence-corrected chi connectivity index (χ3v) is 5.87. The molecule has 0 spiro atoms. The number of aromatic amines is 1. The molecule has 4 rings (SSSR count). The molecule has 9 nitrogen and oxygen atoms in total. The van der Waals surface area contributed by atoms with E-state index in [-0.39, 0.29) is 5.91 Å². The van der Waals surface area contributed by atoms with Gasteiger partial charge < -0.3 is 10.1 Å². The molecule has 35 heavy (non-hydrogen) atoms. The number of aryl methyl sites for hydroxylation is 1. The number of H-pyrrole nitrogens is 1. The Balaban J connectivity index is 1.64. The first kappa shape index (κ1) is 24.7. The monoisotopic (exact) mass is 513 g/mol. The molecule has 0 unspecified atom stereocenters. The van der Waals surface area contributed by atoms with Crippen LogP contribution in [0.15, 0.2) is 42.5 Å². The number of nitrogens with one attached hydrogen (secondary N) is 2. The molecule has 182 valence electrons. The second-order valence-corrected chi connectivity index (χ2v) is 8.73. The summed E-state index contributed by atoms with van der Waals surface area (Å²) < 4.78 is 7.40. The number of hydrogen-bond acceptors (Lipinski definition) is 6. The molecule has 0 saturated carbocycles. The molecule has 4 aromatic rings. The molecule has 0 aliphatic carbocycles. The molecule has 11 heteroatoms. The Kier molecular flexibility index (Phi) is 7.99. The van der Waals surface area contributed by atoms with Gasteiger partial charge in [0.05, 0.1) is 23.0 Å². The van der Waals surface area contributed by atoms with Crippen LogP contribution in [0.1, 0.15) is 41.6 Å². The van der Waals surface area contributed by atoms with Gasteiger partial charge in [-0.05, 0) is 62.2 Å². The summed E-state index contributed by atoms with van der Waals surface area (Å²) in [6.07, 6.45) is 2.19. The van der Waals surface area contributed by atoms with Crippen LogP contribution >= 0.6 is 23.2 Å². The number of amides is 1. The number of tetrazole rings is 1. The molecule has 1 amide bonds. The number of nitrogens with zero attached hydrogens (tertiary/aromatic N) is 5. The van der Waals surface area contributed by atoms with Crippen molar-refractivity contribution < 1.29 is 9.53 Å².